The molecule has 2 amide bonds. The average Bonchev–Trinajstić information content (AvgIpc) is 2.63. The normalized spacial score (nSPS) is 10.8. The third-order valence-electron chi connectivity index (χ3n) is 3.59. The molecule has 150 valence electrons. The minimum atomic E-state index is -0.560. The summed E-state index contributed by atoms with van der Waals surface area (Å²) in [6, 6.07) is 14.6. The molecule has 0 saturated heterocycles. The van der Waals surface area contributed by atoms with Gasteiger partial charge in [0.25, 0.3) is 5.91 Å². The Bertz CT molecular complexity index is 801. The molecule has 7 nitrogen and oxygen atoms in total. The monoisotopic (exact) mass is 385 g/mol. The predicted molar refractivity (Wildman–Crippen MR) is 108 cm³/mol. The minimum Gasteiger partial charge on any atom is -0.487 e. The lowest BCUT2D eigenvalue weighted by Gasteiger charge is -2.19. The first kappa shape index (κ1) is 21.1. The highest BCUT2D eigenvalue weighted by Crippen LogP contribution is 2.23. The highest BCUT2D eigenvalue weighted by Gasteiger charge is 2.15. The third kappa shape index (κ3) is 7.19. The van der Waals surface area contributed by atoms with Gasteiger partial charge in [-0.05, 0) is 44.5 Å². The fourth-order valence-electron chi connectivity index (χ4n) is 2.31. The summed E-state index contributed by atoms with van der Waals surface area (Å²) >= 11 is 0. The van der Waals surface area contributed by atoms with Gasteiger partial charge in [0.2, 0.25) is 0 Å². The van der Waals surface area contributed by atoms with Crippen molar-refractivity contribution in [2.45, 2.75) is 33.0 Å². The largest absolute Gasteiger partial charge is 0.487 e. The summed E-state index contributed by atoms with van der Waals surface area (Å²) in [6.07, 6.45) is -0.522. The van der Waals surface area contributed by atoms with E-state index in [0.29, 0.717) is 23.6 Å². The van der Waals surface area contributed by atoms with Crippen LogP contribution in [0.1, 0.15) is 36.7 Å². The molecule has 2 aromatic rings. The van der Waals surface area contributed by atoms with E-state index in [4.69, 9.17) is 15.2 Å². The Kier molecular flexibility index (Phi) is 7.26. The van der Waals surface area contributed by atoms with Crippen LogP contribution in [0, 0.1) is 0 Å². The van der Waals surface area contributed by atoms with E-state index in [-0.39, 0.29) is 19.0 Å². The molecule has 0 radical (unpaired) electrons. The number of hydrogen-bond donors (Lipinski definition) is 3. The molecule has 2 rings (SSSR count). The van der Waals surface area contributed by atoms with Crippen molar-refractivity contribution in [1.29, 1.82) is 0 Å². The maximum absolute atomic E-state index is 12.2. The number of hydrogen-bond acceptors (Lipinski definition) is 5. The SMILES string of the molecule is CC(C)(C)OC(=O)NCCNC(=O)c1ccc(OCc2ccccc2)c(N)c1. The highest BCUT2D eigenvalue weighted by molar-refractivity contribution is 5.95. The Morgan fingerprint density at radius 3 is 2.32 bits per heavy atom. The van der Waals surface area contributed by atoms with Crippen molar-refractivity contribution in [3.8, 4) is 5.75 Å². The lowest BCUT2D eigenvalue weighted by molar-refractivity contribution is 0.0526. The van der Waals surface area contributed by atoms with Crippen LogP contribution < -0.4 is 21.1 Å². The smallest absolute Gasteiger partial charge is 0.407 e. The Morgan fingerprint density at radius 1 is 1.00 bits per heavy atom. The summed E-state index contributed by atoms with van der Waals surface area (Å²) in [6.45, 7) is 6.27. The van der Waals surface area contributed by atoms with Gasteiger partial charge in [0, 0.05) is 18.7 Å². The Morgan fingerprint density at radius 2 is 1.68 bits per heavy atom. The van der Waals surface area contributed by atoms with Crippen molar-refractivity contribution < 1.29 is 19.1 Å². The van der Waals surface area contributed by atoms with Crippen LogP contribution in [0.3, 0.4) is 0 Å². The maximum atomic E-state index is 12.2. The van der Waals surface area contributed by atoms with Gasteiger partial charge in [-0.3, -0.25) is 4.79 Å². The van der Waals surface area contributed by atoms with Gasteiger partial charge in [0.15, 0.2) is 0 Å². The quantitative estimate of drug-likeness (QED) is 0.502. The number of nitrogens with one attached hydrogen (secondary N) is 2. The topological polar surface area (TPSA) is 103 Å². The van der Waals surface area contributed by atoms with Gasteiger partial charge < -0.3 is 25.8 Å². The van der Waals surface area contributed by atoms with Crippen molar-refractivity contribution in [1.82, 2.24) is 10.6 Å². The lowest BCUT2D eigenvalue weighted by Crippen LogP contribution is -2.37. The van der Waals surface area contributed by atoms with Crippen LogP contribution in [0.25, 0.3) is 0 Å². The van der Waals surface area contributed by atoms with Crippen molar-refractivity contribution >= 4 is 17.7 Å². The van der Waals surface area contributed by atoms with Gasteiger partial charge >= 0.3 is 6.09 Å². The second-order valence-electron chi connectivity index (χ2n) is 7.21. The van der Waals surface area contributed by atoms with Crippen molar-refractivity contribution in [3.05, 3.63) is 59.7 Å². The second-order valence-corrected chi connectivity index (χ2v) is 7.21. The predicted octanol–water partition coefficient (Wildman–Crippen LogP) is 3.10. The van der Waals surface area contributed by atoms with Crippen LogP contribution in [0.15, 0.2) is 48.5 Å². The summed E-state index contributed by atoms with van der Waals surface area (Å²) in [7, 11) is 0. The molecular weight excluding hydrogens is 358 g/mol. The number of rotatable bonds is 7. The summed E-state index contributed by atoms with van der Waals surface area (Å²) < 4.78 is 10.8. The molecule has 0 unspecified atom stereocenters. The number of nitrogens with two attached hydrogens (primary N) is 1. The minimum absolute atomic E-state index is 0.258. The highest BCUT2D eigenvalue weighted by atomic mass is 16.6. The van der Waals surface area contributed by atoms with E-state index in [1.807, 2.05) is 30.3 Å². The van der Waals surface area contributed by atoms with Crippen molar-refractivity contribution in [2.75, 3.05) is 18.8 Å². The zero-order chi connectivity index (χ0) is 20.6. The molecule has 0 bridgehead atoms. The zero-order valence-corrected chi connectivity index (χ0v) is 16.5. The molecule has 28 heavy (non-hydrogen) atoms. The van der Waals surface area contributed by atoms with E-state index in [1.54, 1.807) is 39.0 Å². The lowest BCUT2D eigenvalue weighted by atomic mass is 10.1. The van der Waals surface area contributed by atoms with E-state index in [1.165, 1.54) is 0 Å². The molecule has 2 aromatic carbocycles. The Labute approximate surface area is 165 Å². The number of amides is 2. The van der Waals surface area contributed by atoms with Gasteiger partial charge in [-0.15, -0.1) is 0 Å². The van der Waals surface area contributed by atoms with Gasteiger partial charge in [-0.1, -0.05) is 30.3 Å². The molecule has 0 atom stereocenters. The molecule has 0 aliphatic carbocycles. The molecular formula is C21H27N3O4. The number of ether oxygens (including phenoxy) is 2. The van der Waals surface area contributed by atoms with E-state index in [0.717, 1.165) is 5.56 Å². The van der Waals surface area contributed by atoms with Crippen LogP contribution in [-0.2, 0) is 11.3 Å². The summed E-state index contributed by atoms with van der Waals surface area (Å²) in [5.41, 5.74) is 7.27. The molecule has 7 heteroatoms. The second kappa shape index (κ2) is 9.64. The molecule has 4 N–H and O–H groups in total. The van der Waals surface area contributed by atoms with E-state index in [9.17, 15) is 9.59 Å². The molecule has 0 spiro atoms. The van der Waals surface area contributed by atoms with E-state index >= 15 is 0 Å². The molecule has 0 heterocycles. The van der Waals surface area contributed by atoms with E-state index in [2.05, 4.69) is 10.6 Å². The van der Waals surface area contributed by atoms with Gasteiger partial charge in [-0.25, -0.2) is 4.79 Å². The first-order valence-electron chi connectivity index (χ1n) is 9.06. The third-order valence-corrected chi connectivity index (χ3v) is 3.59. The fourth-order valence-corrected chi connectivity index (χ4v) is 2.31. The van der Waals surface area contributed by atoms with Crippen LogP contribution in [0.5, 0.6) is 5.75 Å². The van der Waals surface area contributed by atoms with Gasteiger partial charge in [0.1, 0.15) is 18.0 Å². The van der Waals surface area contributed by atoms with Crippen molar-refractivity contribution in [2.24, 2.45) is 0 Å². The number of benzene rings is 2. The number of anilines is 1. The van der Waals surface area contributed by atoms with E-state index < -0.39 is 11.7 Å². The van der Waals surface area contributed by atoms with Crippen LogP contribution in [-0.4, -0.2) is 30.7 Å². The fraction of sp³-hybridized carbons (Fsp3) is 0.333. The first-order chi connectivity index (χ1) is 13.2. The zero-order valence-electron chi connectivity index (χ0n) is 16.5. The van der Waals surface area contributed by atoms with Crippen molar-refractivity contribution in [3.63, 3.8) is 0 Å². The van der Waals surface area contributed by atoms with Crippen LogP contribution >= 0.6 is 0 Å². The maximum Gasteiger partial charge on any atom is 0.407 e. The molecule has 0 aliphatic rings. The standard InChI is InChI=1S/C21H27N3O4/c1-21(2,3)28-20(26)24-12-11-23-19(25)16-9-10-18(17(22)13-16)27-14-15-7-5-4-6-8-15/h4-10,13H,11-12,14,22H2,1-3H3,(H,23,25)(H,24,26). The van der Waals surface area contributed by atoms with Crippen LogP contribution in [0.4, 0.5) is 10.5 Å². The number of carbonyl (C=O) groups excluding carboxylic acids is 2. The molecule has 0 aromatic heterocycles. The summed E-state index contributed by atoms with van der Waals surface area (Å²) in [5.74, 6) is 0.235. The first-order valence-corrected chi connectivity index (χ1v) is 9.06. The molecule has 0 saturated carbocycles. The average molecular weight is 385 g/mol. The number of alkyl carbamates (subject to hydrolysis) is 1. The molecule has 0 fully saturated rings. The van der Waals surface area contributed by atoms with Gasteiger partial charge in [0.05, 0.1) is 5.69 Å². The number of carbonyl (C=O) groups is 2. The summed E-state index contributed by atoms with van der Waals surface area (Å²) in [5, 5.41) is 5.29. The Hall–Kier alpha value is -3.22. The Balaban J connectivity index is 1.79. The molecule has 0 aliphatic heterocycles. The number of nitrogen functional groups attached to an aromatic ring is 1. The van der Waals surface area contributed by atoms with Gasteiger partial charge in [-0.2, -0.15) is 0 Å². The summed E-state index contributed by atoms with van der Waals surface area (Å²) in [4.78, 5) is 23.8. The van der Waals surface area contributed by atoms with Crippen LogP contribution in [0.2, 0.25) is 0 Å².